The maximum absolute atomic E-state index is 12.4. The number of sulfonamides is 1. The van der Waals surface area contributed by atoms with Crippen molar-refractivity contribution in [3.63, 3.8) is 0 Å². The first-order valence-corrected chi connectivity index (χ1v) is 7.86. The van der Waals surface area contributed by atoms with Crippen molar-refractivity contribution in [3.05, 3.63) is 18.2 Å². The van der Waals surface area contributed by atoms with Gasteiger partial charge in [-0.05, 0) is 38.5 Å². The number of benzene rings is 1. The van der Waals surface area contributed by atoms with E-state index in [1.807, 2.05) is 13.8 Å². The molecule has 6 nitrogen and oxygen atoms in total. The van der Waals surface area contributed by atoms with Crippen LogP contribution in [0.2, 0.25) is 0 Å². The van der Waals surface area contributed by atoms with Crippen molar-refractivity contribution in [2.45, 2.75) is 36.8 Å². The molecule has 0 radical (unpaired) electrons. The van der Waals surface area contributed by atoms with E-state index in [0.29, 0.717) is 18.8 Å². The van der Waals surface area contributed by atoms with Crippen LogP contribution < -0.4 is 15.2 Å². The van der Waals surface area contributed by atoms with Crippen molar-refractivity contribution >= 4 is 15.7 Å². The summed E-state index contributed by atoms with van der Waals surface area (Å²) < 4.78 is 38.0. The van der Waals surface area contributed by atoms with Crippen molar-refractivity contribution in [2.24, 2.45) is 0 Å². The van der Waals surface area contributed by atoms with Gasteiger partial charge in [0.1, 0.15) is 5.75 Å². The highest BCUT2D eigenvalue weighted by atomic mass is 32.2. The Kier molecular flexibility index (Phi) is 3.95. The zero-order valence-corrected chi connectivity index (χ0v) is 12.7. The molecule has 0 spiro atoms. The molecule has 2 rings (SSSR count). The summed E-state index contributed by atoms with van der Waals surface area (Å²) in [5, 5.41) is 0. The summed E-state index contributed by atoms with van der Waals surface area (Å²) in [7, 11) is -2.17. The van der Waals surface area contributed by atoms with Crippen LogP contribution in [-0.4, -0.2) is 33.8 Å². The van der Waals surface area contributed by atoms with Crippen molar-refractivity contribution < 1.29 is 17.9 Å². The van der Waals surface area contributed by atoms with Gasteiger partial charge in [-0.25, -0.2) is 13.1 Å². The van der Waals surface area contributed by atoms with Gasteiger partial charge in [0.2, 0.25) is 10.0 Å². The summed E-state index contributed by atoms with van der Waals surface area (Å²) in [4.78, 5) is 0.121. The predicted molar refractivity (Wildman–Crippen MR) is 76.2 cm³/mol. The van der Waals surface area contributed by atoms with Crippen LogP contribution in [0.1, 0.15) is 20.3 Å². The minimum atomic E-state index is -3.65. The largest absolute Gasteiger partial charge is 0.495 e. The highest BCUT2D eigenvalue weighted by Gasteiger charge is 2.40. The Balaban J connectivity index is 2.29. The second-order valence-electron chi connectivity index (χ2n) is 5.19. The average Bonchev–Trinajstić information content (AvgIpc) is 2.68. The molecule has 1 saturated heterocycles. The van der Waals surface area contributed by atoms with E-state index in [4.69, 9.17) is 15.2 Å². The Hall–Kier alpha value is -1.31. The highest BCUT2D eigenvalue weighted by Crippen LogP contribution is 2.29. The summed E-state index contributed by atoms with van der Waals surface area (Å²) in [6, 6.07) is 4.41. The number of nitrogens with one attached hydrogen (secondary N) is 1. The van der Waals surface area contributed by atoms with Crippen LogP contribution in [0, 0.1) is 0 Å². The molecule has 1 aromatic rings. The standard InChI is InChI=1S/C13H20N2O4S/c1-9-13(2,6-7-19-9)15-20(16,17)10-4-5-12(18-3)11(14)8-10/h4-5,8-9,15H,6-7,14H2,1-3H3. The minimum Gasteiger partial charge on any atom is -0.495 e. The van der Waals surface area contributed by atoms with Gasteiger partial charge in [-0.2, -0.15) is 0 Å². The van der Waals surface area contributed by atoms with E-state index < -0.39 is 15.6 Å². The van der Waals surface area contributed by atoms with Crippen LogP contribution in [0.25, 0.3) is 0 Å². The molecule has 0 bridgehead atoms. The molecule has 1 fully saturated rings. The van der Waals surface area contributed by atoms with Gasteiger partial charge in [0.05, 0.1) is 29.3 Å². The smallest absolute Gasteiger partial charge is 0.241 e. The van der Waals surface area contributed by atoms with E-state index in [2.05, 4.69) is 4.72 Å². The summed E-state index contributed by atoms with van der Waals surface area (Å²) in [6.45, 7) is 4.25. The third-order valence-corrected chi connectivity index (χ3v) is 5.38. The topological polar surface area (TPSA) is 90.7 Å². The molecule has 0 saturated carbocycles. The van der Waals surface area contributed by atoms with Crippen LogP contribution in [-0.2, 0) is 14.8 Å². The molecule has 3 N–H and O–H groups in total. The van der Waals surface area contributed by atoms with Crippen LogP contribution in [0.5, 0.6) is 5.75 Å². The normalized spacial score (nSPS) is 26.6. The van der Waals surface area contributed by atoms with Crippen LogP contribution >= 0.6 is 0 Å². The van der Waals surface area contributed by atoms with Crippen LogP contribution in [0.3, 0.4) is 0 Å². The summed E-state index contributed by atoms with van der Waals surface area (Å²) in [5.74, 6) is 0.452. The van der Waals surface area contributed by atoms with Crippen LogP contribution in [0.4, 0.5) is 5.69 Å². The van der Waals surface area contributed by atoms with E-state index in [9.17, 15) is 8.42 Å². The Bertz CT molecular complexity index is 602. The minimum absolute atomic E-state index is 0.121. The molecule has 7 heteroatoms. The monoisotopic (exact) mass is 300 g/mol. The average molecular weight is 300 g/mol. The molecule has 1 aliphatic heterocycles. The molecule has 2 unspecified atom stereocenters. The van der Waals surface area contributed by atoms with Gasteiger partial charge in [0.15, 0.2) is 0 Å². The number of methoxy groups -OCH3 is 1. The zero-order valence-electron chi connectivity index (χ0n) is 11.8. The number of hydrogen-bond acceptors (Lipinski definition) is 5. The molecule has 1 heterocycles. The van der Waals surface area contributed by atoms with Gasteiger partial charge in [-0.3, -0.25) is 0 Å². The Morgan fingerprint density at radius 3 is 2.70 bits per heavy atom. The maximum atomic E-state index is 12.4. The van der Waals surface area contributed by atoms with Crippen molar-refractivity contribution in [3.8, 4) is 5.75 Å². The number of nitrogens with two attached hydrogens (primary N) is 1. The Labute approximate surface area is 119 Å². The van der Waals surface area contributed by atoms with E-state index in [1.54, 1.807) is 6.07 Å². The molecule has 0 aliphatic carbocycles. The second kappa shape index (κ2) is 5.23. The molecule has 1 aromatic carbocycles. The lowest BCUT2D eigenvalue weighted by Crippen LogP contribution is -2.50. The Morgan fingerprint density at radius 2 is 2.20 bits per heavy atom. The lowest BCUT2D eigenvalue weighted by Gasteiger charge is -2.28. The van der Waals surface area contributed by atoms with Gasteiger partial charge >= 0.3 is 0 Å². The van der Waals surface area contributed by atoms with E-state index >= 15 is 0 Å². The highest BCUT2D eigenvalue weighted by molar-refractivity contribution is 7.89. The molecule has 2 atom stereocenters. The van der Waals surface area contributed by atoms with Crippen molar-refractivity contribution in [2.75, 3.05) is 19.5 Å². The first-order chi connectivity index (χ1) is 9.28. The summed E-state index contributed by atoms with van der Waals surface area (Å²) in [5.41, 5.74) is 5.44. The van der Waals surface area contributed by atoms with Gasteiger partial charge in [0.25, 0.3) is 0 Å². The predicted octanol–water partition coefficient (Wildman–Crippen LogP) is 1.12. The molecule has 0 aromatic heterocycles. The van der Waals surface area contributed by atoms with Gasteiger partial charge in [-0.15, -0.1) is 0 Å². The SMILES string of the molecule is COc1ccc(S(=O)(=O)NC2(C)CCOC2C)cc1N. The van der Waals surface area contributed by atoms with E-state index in [1.165, 1.54) is 19.2 Å². The van der Waals surface area contributed by atoms with Crippen LogP contribution in [0.15, 0.2) is 23.1 Å². The number of anilines is 1. The number of rotatable bonds is 4. The van der Waals surface area contributed by atoms with Gasteiger partial charge in [-0.1, -0.05) is 0 Å². The molecule has 20 heavy (non-hydrogen) atoms. The van der Waals surface area contributed by atoms with Crippen molar-refractivity contribution in [1.29, 1.82) is 0 Å². The van der Waals surface area contributed by atoms with E-state index in [0.717, 1.165) is 0 Å². The molecule has 1 aliphatic rings. The zero-order chi connectivity index (χ0) is 15.0. The second-order valence-corrected chi connectivity index (χ2v) is 6.87. The summed E-state index contributed by atoms with van der Waals surface area (Å²) >= 11 is 0. The Morgan fingerprint density at radius 1 is 1.50 bits per heavy atom. The molecule has 112 valence electrons. The first kappa shape index (κ1) is 15.1. The molecular formula is C13H20N2O4S. The third-order valence-electron chi connectivity index (χ3n) is 3.77. The number of ether oxygens (including phenoxy) is 2. The van der Waals surface area contributed by atoms with Gasteiger partial charge < -0.3 is 15.2 Å². The lowest BCUT2D eigenvalue weighted by atomic mass is 9.97. The van der Waals surface area contributed by atoms with E-state index in [-0.39, 0.29) is 16.7 Å². The van der Waals surface area contributed by atoms with Gasteiger partial charge in [0, 0.05) is 6.61 Å². The maximum Gasteiger partial charge on any atom is 0.241 e. The lowest BCUT2D eigenvalue weighted by molar-refractivity contribution is 0.0957. The first-order valence-electron chi connectivity index (χ1n) is 6.37. The van der Waals surface area contributed by atoms with Crippen molar-refractivity contribution in [1.82, 2.24) is 4.72 Å². The number of hydrogen-bond donors (Lipinski definition) is 2. The quantitative estimate of drug-likeness (QED) is 0.813. The fourth-order valence-electron chi connectivity index (χ4n) is 2.21. The fraction of sp³-hybridized carbons (Fsp3) is 0.538. The molecule has 0 amide bonds. The third kappa shape index (κ3) is 2.74. The number of nitrogen functional groups attached to an aromatic ring is 1. The molecular weight excluding hydrogens is 280 g/mol. The summed E-state index contributed by atoms with van der Waals surface area (Å²) in [6.07, 6.45) is 0.465. The fourth-order valence-corrected chi connectivity index (χ4v) is 3.74.